The van der Waals surface area contributed by atoms with Crippen LogP contribution in [0.15, 0.2) is 23.0 Å². The molecule has 36 heavy (non-hydrogen) atoms. The van der Waals surface area contributed by atoms with Crippen molar-refractivity contribution in [3.8, 4) is 5.75 Å². The lowest BCUT2D eigenvalue weighted by atomic mass is 9.95. The van der Waals surface area contributed by atoms with Crippen LogP contribution in [0.3, 0.4) is 0 Å². The molecule has 2 aliphatic heterocycles. The largest absolute Gasteiger partial charge is 0.502 e. The Labute approximate surface area is 211 Å². The lowest BCUT2D eigenvalue weighted by molar-refractivity contribution is -0.143. The molecule has 1 aromatic heterocycles. The summed E-state index contributed by atoms with van der Waals surface area (Å²) in [7, 11) is 2.85. The summed E-state index contributed by atoms with van der Waals surface area (Å²) in [6, 6.07) is 4.12. The first-order valence-electron chi connectivity index (χ1n) is 11.7. The van der Waals surface area contributed by atoms with Crippen molar-refractivity contribution >= 4 is 29.4 Å². The molecule has 9 nitrogen and oxygen atoms in total. The molecule has 0 spiro atoms. The summed E-state index contributed by atoms with van der Waals surface area (Å²) < 4.78 is 19.7. The number of amides is 2. The molecule has 190 valence electrons. The topological polar surface area (TPSA) is 109 Å². The Balaban J connectivity index is 1.55. The van der Waals surface area contributed by atoms with Gasteiger partial charge in [-0.15, -0.1) is 0 Å². The highest BCUT2D eigenvalue weighted by Crippen LogP contribution is 2.57. The fourth-order valence-electron chi connectivity index (χ4n) is 5.90. The van der Waals surface area contributed by atoms with Crippen LogP contribution in [0.1, 0.15) is 51.5 Å². The van der Waals surface area contributed by atoms with E-state index < -0.39 is 47.0 Å². The lowest BCUT2D eigenvalue weighted by Crippen LogP contribution is -2.40. The van der Waals surface area contributed by atoms with Crippen LogP contribution in [0, 0.1) is 23.6 Å². The third-order valence-corrected chi connectivity index (χ3v) is 7.97. The third kappa shape index (κ3) is 3.42. The maximum absolute atomic E-state index is 13.5. The average Bonchev–Trinajstić information content (AvgIpc) is 3.52. The van der Waals surface area contributed by atoms with Crippen molar-refractivity contribution in [1.82, 2.24) is 14.4 Å². The lowest BCUT2D eigenvalue weighted by Gasteiger charge is -2.30. The SMILES string of the molecule is CCC1C(C(=O)OC)C1C1N(C)C(=O)c2c3c(c(O)c(=O)n21)C(=O)N(Cc1ccc(F)c(Cl)c1)CC3. The summed E-state index contributed by atoms with van der Waals surface area (Å²) in [5, 5.41) is 10.8. The van der Waals surface area contributed by atoms with Crippen molar-refractivity contribution in [2.75, 3.05) is 20.7 Å². The highest BCUT2D eigenvalue weighted by molar-refractivity contribution is 6.30. The minimum atomic E-state index is -0.850. The van der Waals surface area contributed by atoms with E-state index in [4.69, 9.17) is 16.3 Å². The standard InChI is InChI=1S/C25H25ClFN3O6/c1-4-12-16(17(12)25(35)36-3)21-28(2)23(33)19-13-7-8-29(10-11-5-6-15(27)14(26)9-11)22(32)18(13)20(31)24(34)30(19)21/h5-6,9,12,16-17,21,31H,4,7-8,10H2,1-3H3. The number of aromatic hydroxyl groups is 1. The van der Waals surface area contributed by atoms with Gasteiger partial charge in [0.05, 0.1) is 23.6 Å². The first-order valence-corrected chi connectivity index (χ1v) is 12.1. The van der Waals surface area contributed by atoms with Crippen LogP contribution in [0.5, 0.6) is 5.75 Å². The predicted molar refractivity (Wildman–Crippen MR) is 126 cm³/mol. The van der Waals surface area contributed by atoms with Gasteiger partial charge in [0.15, 0.2) is 5.75 Å². The van der Waals surface area contributed by atoms with Crippen LogP contribution in [0.2, 0.25) is 5.02 Å². The van der Waals surface area contributed by atoms with Gasteiger partial charge in [0.2, 0.25) is 0 Å². The smallest absolute Gasteiger partial charge is 0.309 e. The highest BCUT2D eigenvalue weighted by atomic mass is 35.5. The van der Waals surface area contributed by atoms with Crippen molar-refractivity contribution in [3.05, 3.63) is 61.8 Å². The number of fused-ring (bicyclic) bond motifs is 3. The molecule has 0 bridgehead atoms. The van der Waals surface area contributed by atoms with Gasteiger partial charge >= 0.3 is 5.97 Å². The van der Waals surface area contributed by atoms with Crippen molar-refractivity contribution in [3.63, 3.8) is 0 Å². The molecule has 1 aromatic carbocycles. The first-order chi connectivity index (χ1) is 17.1. The number of benzene rings is 1. The van der Waals surface area contributed by atoms with Crippen molar-refractivity contribution in [2.45, 2.75) is 32.5 Å². The number of hydrogen-bond acceptors (Lipinski definition) is 6. The van der Waals surface area contributed by atoms with Gasteiger partial charge in [0.1, 0.15) is 17.7 Å². The fraction of sp³-hybridized carbons (Fsp3) is 0.440. The van der Waals surface area contributed by atoms with Crippen LogP contribution < -0.4 is 5.56 Å². The summed E-state index contributed by atoms with van der Waals surface area (Å²) in [6.07, 6.45) is 0.123. The van der Waals surface area contributed by atoms with Crippen LogP contribution in [-0.2, 0) is 22.5 Å². The molecule has 0 saturated heterocycles. The van der Waals surface area contributed by atoms with E-state index >= 15 is 0 Å². The summed E-state index contributed by atoms with van der Waals surface area (Å²) in [6.45, 7) is 2.24. The van der Waals surface area contributed by atoms with E-state index in [2.05, 4.69) is 0 Å². The van der Waals surface area contributed by atoms with Crippen LogP contribution >= 0.6 is 11.6 Å². The molecule has 2 amide bonds. The molecular formula is C25H25ClFN3O6. The molecule has 4 atom stereocenters. The number of esters is 1. The summed E-state index contributed by atoms with van der Waals surface area (Å²) >= 11 is 5.86. The fourth-order valence-corrected chi connectivity index (χ4v) is 6.10. The molecule has 1 N–H and O–H groups in total. The van der Waals surface area contributed by atoms with Gasteiger partial charge in [-0.2, -0.15) is 0 Å². The Hall–Kier alpha value is -3.40. The molecule has 3 aliphatic rings. The van der Waals surface area contributed by atoms with Gasteiger partial charge in [-0.3, -0.25) is 23.7 Å². The van der Waals surface area contributed by atoms with Crippen molar-refractivity contribution < 1.29 is 28.6 Å². The zero-order valence-corrected chi connectivity index (χ0v) is 20.7. The van der Waals surface area contributed by atoms with E-state index in [0.29, 0.717) is 17.5 Å². The van der Waals surface area contributed by atoms with Gasteiger partial charge < -0.3 is 19.6 Å². The Morgan fingerprint density at radius 3 is 2.61 bits per heavy atom. The first kappa shape index (κ1) is 24.3. The second-order valence-corrected chi connectivity index (χ2v) is 9.89. The Morgan fingerprint density at radius 1 is 1.25 bits per heavy atom. The molecule has 1 saturated carbocycles. The van der Waals surface area contributed by atoms with E-state index in [1.165, 1.54) is 39.7 Å². The minimum Gasteiger partial charge on any atom is -0.502 e. The van der Waals surface area contributed by atoms with Crippen molar-refractivity contribution in [2.24, 2.45) is 17.8 Å². The number of hydrogen-bond donors (Lipinski definition) is 1. The van der Waals surface area contributed by atoms with Crippen molar-refractivity contribution in [1.29, 1.82) is 0 Å². The molecule has 1 fully saturated rings. The van der Waals surface area contributed by atoms with Gasteiger partial charge in [-0.25, -0.2) is 4.39 Å². The van der Waals surface area contributed by atoms with Gasteiger partial charge in [-0.05, 0) is 30.0 Å². The summed E-state index contributed by atoms with van der Waals surface area (Å²) in [5.41, 5.74) is -0.0754. The van der Waals surface area contributed by atoms with E-state index in [1.807, 2.05) is 6.92 Å². The zero-order chi connectivity index (χ0) is 26.0. The number of methoxy groups -OCH3 is 1. The number of carbonyl (C=O) groups is 3. The number of halogens is 2. The number of nitrogens with zero attached hydrogens (tertiary/aromatic N) is 3. The zero-order valence-electron chi connectivity index (χ0n) is 20.0. The number of rotatable bonds is 5. The number of carbonyl (C=O) groups excluding carboxylic acids is 3. The van der Waals surface area contributed by atoms with Gasteiger partial charge in [0, 0.05) is 31.6 Å². The Morgan fingerprint density at radius 2 is 1.97 bits per heavy atom. The van der Waals surface area contributed by atoms with Crippen LogP contribution in [0.4, 0.5) is 4.39 Å². The predicted octanol–water partition coefficient (Wildman–Crippen LogP) is 2.57. The molecule has 4 unspecified atom stereocenters. The number of pyridine rings is 1. The maximum atomic E-state index is 13.5. The Kier molecular flexibility index (Phi) is 5.82. The number of ether oxygens (including phenoxy) is 1. The molecule has 0 radical (unpaired) electrons. The second-order valence-electron chi connectivity index (χ2n) is 9.48. The van der Waals surface area contributed by atoms with E-state index in [0.717, 1.165) is 0 Å². The summed E-state index contributed by atoms with van der Waals surface area (Å²) in [4.78, 5) is 55.3. The highest BCUT2D eigenvalue weighted by Gasteiger charge is 2.62. The van der Waals surface area contributed by atoms with Crippen LogP contribution in [-0.4, -0.2) is 58.0 Å². The average molecular weight is 518 g/mol. The normalized spacial score (nSPS) is 24.6. The minimum absolute atomic E-state index is 0.0727. The van der Waals surface area contributed by atoms with Crippen LogP contribution in [0.25, 0.3) is 0 Å². The third-order valence-electron chi connectivity index (χ3n) is 7.68. The van der Waals surface area contributed by atoms with Gasteiger partial charge in [-0.1, -0.05) is 31.0 Å². The molecule has 3 heterocycles. The molecule has 1 aliphatic carbocycles. The quantitative estimate of drug-likeness (QED) is 0.611. The van der Waals surface area contributed by atoms with E-state index in [9.17, 15) is 28.7 Å². The molecular weight excluding hydrogens is 493 g/mol. The molecule has 5 rings (SSSR count). The number of aromatic nitrogens is 1. The monoisotopic (exact) mass is 517 g/mol. The summed E-state index contributed by atoms with van der Waals surface area (Å²) in [5.74, 6) is -3.62. The van der Waals surface area contributed by atoms with E-state index in [-0.39, 0.29) is 47.6 Å². The van der Waals surface area contributed by atoms with E-state index in [1.54, 1.807) is 7.05 Å². The molecule has 2 aromatic rings. The van der Waals surface area contributed by atoms with Gasteiger partial charge in [0.25, 0.3) is 17.4 Å². The molecule has 11 heteroatoms. The Bertz CT molecular complexity index is 1370. The maximum Gasteiger partial charge on any atom is 0.309 e. The second kappa shape index (κ2) is 8.62.